The van der Waals surface area contributed by atoms with Gasteiger partial charge in [-0.1, -0.05) is 224 Å². The van der Waals surface area contributed by atoms with Crippen molar-refractivity contribution < 1.29 is 0 Å². The SMILES string of the molecule is c1ccc(-c2cccc(-c3ccc(-c4nc(-c5ccccc5)nc(-n5c6ccccc6c6cc(-n7c8ccccc8c8ccccc87)c7c8ccccc8n(-c8ccccc8-c8ccccc8)c7c65)n4)cc3)c2)cc1. The van der Waals surface area contributed by atoms with Crippen LogP contribution in [-0.2, 0) is 0 Å². The van der Waals surface area contributed by atoms with Crippen LogP contribution in [0.15, 0.2) is 267 Å². The second-order valence-corrected chi connectivity index (χ2v) is 19.1. The zero-order valence-corrected chi connectivity index (χ0v) is 40.6. The number of hydrogen-bond acceptors (Lipinski definition) is 3. The Balaban J connectivity index is 1.05. The molecule has 75 heavy (non-hydrogen) atoms. The Bertz CT molecular complexity index is 4630. The van der Waals surface area contributed by atoms with Gasteiger partial charge in [0.15, 0.2) is 11.6 Å². The third-order valence-corrected chi connectivity index (χ3v) is 14.9. The molecular weight excluding hydrogens is 913 g/mol. The lowest BCUT2D eigenvalue weighted by Crippen LogP contribution is -2.07. The topological polar surface area (TPSA) is 53.5 Å². The Labute approximate surface area is 432 Å². The molecule has 15 aromatic rings. The summed E-state index contributed by atoms with van der Waals surface area (Å²) in [5.74, 6) is 1.71. The van der Waals surface area contributed by atoms with E-state index >= 15 is 0 Å². The summed E-state index contributed by atoms with van der Waals surface area (Å²) in [5.41, 5.74) is 17.3. The number of para-hydroxylation sites is 5. The van der Waals surface area contributed by atoms with Gasteiger partial charge in [0.1, 0.15) is 0 Å². The van der Waals surface area contributed by atoms with Gasteiger partial charge in [0.2, 0.25) is 5.95 Å². The molecule has 0 atom stereocenters. The molecule has 0 spiro atoms. The standard InChI is InChI=1S/C69H44N6/c1-4-21-45(22-5-1)50-27-20-28-51(43-50)46-39-41-49(42-40-46)68-70-67(48-25-8-3-9-26-48)71-69(72-68)75-61-37-18-13-32-55(61)57-44-63(73-59-35-16-11-30-53(59)54-31-12-17-36-60(54)73)64-56-33-14-19-38-62(56)74(66(64)65(57)75)58-34-15-10-29-52(58)47-23-6-2-7-24-47/h1-44H. The molecule has 0 saturated heterocycles. The predicted molar refractivity (Wildman–Crippen MR) is 310 cm³/mol. The third kappa shape index (κ3) is 6.84. The Morgan fingerprint density at radius 2 is 0.667 bits per heavy atom. The number of rotatable bonds is 8. The van der Waals surface area contributed by atoms with Crippen molar-refractivity contribution in [3.05, 3.63) is 267 Å². The van der Waals surface area contributed by atoms with Gasteiger partial charge in [-0.25, -0.2) is 4.98 Å². The first kappa shape index (κ1) is 42.5. The van der Waals surface area contributed by atoms with Crippen LogP contribution in [0.25, 0.3) is 139 Å². The van der Waals surface area contributed by atoms with E-state index in [0.29, 0.717) is 17.6 Å². The molecule has 0 saturated carbocycles. The van der Waals surface area contributed by atoms with E-state index in [4.69, 9.17) is 15.0 Å². The second kappa shape index (κ2) is 17.3. The first-order chi connectivity index (χ1) is 37.2. The summed E-state index contributed by atoms with van der Waals surface area (Å²) < 4.78 is 7.27. The largest absolute Gasteiger partial charge is 0.309 e. The Morgan fingerprint density at radius 1 is 0.240 bits per heavy atom. The van der Waals surface area contributed by atoms with Crippen molar-refractivity contribution in [2.24, 2.45) is 0 Å². The molecular formula is C69H44N6. The third-order valence-electron chi connectivity index (χ3n) is 14.9. The molecule has 0 aliphatic rings. The van der Waals surface area contributed by atoms with Crippen LogP contribution in [0.4, 0.5) is 0 Å². The molecule has 6 heteroatoms. The van der Waals surface area contributed by atoms with Crippen LogP contribution >= 0.6 is 0 Å². The fourth-order valence-corrected chi connectivity index (χ4v) is 11.6. The van der Waals surface area contributed by atoms with Crippen LogP contribution < -0.4 is 0 Å². The lowest BCUT2D eigenvalue weighted by molar-refractivity contribution is 0.953. The molecule has 4 aromatic heterocycles. The molecule has 0 amide bonds. The molecule has 0 radical (unpaired) electrons. The molecule has 4 heterocycles. The molecule has 11 aromatic carbocycles. The smallest absolute Gasteiger partial charge is 0.238 e. The Hall–Kier alpha value is -10.2. The van der Waals surface area contributed by atoms with Gasteiger partial charge in [-0.05, 0) is 70.3 Å². The van der Waals surface area contributed by atoms with E-state index in [9.17, 15) is 0 Å². The average Bonchev–Trinajstić information content (AvgIpc) is 4.14. The molecule has 6 nitrogen and oxygen atoms in total. The van der Waals surface area contributed by atoms with Gasteiger partial charge in [0.25, 0.3) is 0 Å². The van der Waals surface area contributed by atoms with E-state index in [1.165, 1.54) is 21.9 Å². The summed E-state index contributed by atoms with van der Waals surface area (Å²) in [6.45, 7) is 0. The molecule has 350 valence electrons. The fourth-order valence-electron chi connectivity index (χ4n) is 11.6. The van der Waals surface area contributed by atoms with Crippen LogP contribution in [0.2, 0.25) is 0 Å². The maximum Gasteiger partial charge on any atom is 0.238 e. The van der Waals surface area contributed by atoms with Gasteiger partial charge in [-0.3, -0.25) is 4.57 Å². The molecule has 0 bridgehead atoms. The molecule has 0 unspecified atom stereocenters. The lowest BCUT2D eigenvalue weighted by Gasteiger charge is -2.17. The second-order valence-electron chi connectivity index (χ2n) is 19.1. The van der Waals surface area contributed by atoms with E-state index in [2.05, 4.69) is 262 Å². The summed E-state index contributed by atoms with van der Waals surface area (Å²) >= 11 is 0. The summed E-state index contributed by atoms with van der Waals surface area (Å²) in [6, 6.07) is 95.2. The highest BCUT2D eigenvalue weighted by Gasteiger charge is 2.28. The van der Waals surface area contributed by atoms with Crippen LogP contribution in [-0.4, -0.2) is 28.7 Å². The minimum absolute atomic E-state index is 0.531. The Kier molecular flexibility index (Phi) is 9.78. The Morgan fingerprint density at radius 3 is 1.28 bits per heavy atom. The van der Waals surface area contributed by atoms with E-state index in [1.54, 1.807) is 0 Å². The van der Waals surface area contributed by atoms with Crippen molar-refractivity contribution >= 4 is 65.4 Å². The van der Waals surface area contributed by atoms with Crippen LogP contribution in [0.3, 0.4) is 0 Å². The monoisotopic (exact) mass is 956 g/mol. The molecule has 0 aliphatic heterocycles. The minimum Gasteiger partial charge on any atom is -0.309 e. The van der Waals surface area contributed by atoms with E-state index in [-0.39, 0.29) is 0 Å². The van der Waals surface area contributed by atoms with E-state index in [1.807, 2.05) is 18.2 Å². The highest BCUT2D eigenvalue weighted by molar-refractivity contribution is 6.27. The predicted octanol–water partition coefficient (Wildman–Crippen LogP) is 17.5. The van der Waals surface area contributed by atoms with Crippen LogP contribution in [0.1, 0.15) is 0 Å². The summed E-state index contributed by atoms with van der Waals surface area (Å²) in [4.78, 5) is 16.3. The maximum atomic E-state index is 5.54. The molecule has 15 rings (SSSR count). The summed E-state index contributed by atoms with van der Waals surface area (Å²) in [6.07, 6.45) is 0. The van der Waals surface area contributed by atoms with Crippen LogP contribution in [0.5, 0.6) is 0 Å². The number of fused-ring (bicyclic) bond motifs is 10. The van der Waals surface area contributed by atoms with Crippen molar-refractivity contribution in [3.8, 4) is 73.5 Å². The van der Waals surface area contributed by atoms with Crippen molar-refractivity contribution in [3.63, 3.8) is 0 Å². The van der Waals surface area contributed by atoms with Gasteiger partial charge < -0.3 is 9.13 Å². The summed E-state index contributed by atoms with van der Waals surface area (Å²) in [7, 11) is 0. The maximum absolute atomic E-state index is 5.54. The van der Waals surface area contributed by atoms with Gasteiger partial charge in [0.05, 0.1) is 44.5 Å². The molecule has 0 aliphatic carbocycles. The molecule has 0 fully saturated rings. The number of benzene rings is 11. The van der Waals surface area contributed by atoms with Gasteiger partial charge in [0, 0.05) is 49.0 Å². The fraction of sp³-hybridized carbons (Fsp3) is 0. The average molecular weight is 957 g/mol. The van der Waals surface area contributed by atoms with Crippen molar-refractivity contribution in [2.45, 2.75) is 0 Å². The van der Waals surface area contributed by atoms with Crippen molar-refractivity contribution in [2.75, 3.05) is 0 Å². The zero-order valence-electron chi connectivity index (χ0n) is 40.6. The number of aromatic nitrogens is 6. The highest BCUT2D eigenvalue weighted by atomic mass is 15.2. The number of nitrogens with zero attached hydrogens (tertiary/aromatic N) is 6. The quantitative estimate of drug-likeness (QED) is 0.152. The first-order valence-corrected chi connectivity index (χ1v) is 25.4. The lowest BCUT2D eigenvalue weighted by atomic mass is 9.98. The van der Waals surface area contributed by atoms with Crippen molar-refractivity contribution in [1.29, 1.82) is 0 Å². The van der Waals surface area contributed by atoms with E-state index in [0.717, 1.165) is 99.4 Å². The first-order valence-electron chi connectivity index (χ1n) is 25.4. The minimum atomic E-state index is 0.531. The van der Waals surface area contributed by atoms with Gasteiger partial charge in [-0.15, -0.1) is 0 Å². The van der Waals surface area contributed by atoms with E-state index < -0.39 is 0 Å². The number of hydrogen-bond donors (Lipinski definition) is 0. The highest BCUT2D eigenvalue weighted by Crippen LogP contribution is 2.47. The summed E-state index contributed by atoms with van der Waals surface area (Å²) in [5, 5.41) is 6.86. The van der Waals surface area contributed by atoms with Crippen molar-refractivity contribution in [1.82, 2.24) is 28.7 Å². The zero-order chi connectivity index (χ0) is 49.4. The van der Waals surface area contributed by atoms with Crippen LogP contribution in [0, 0.1) is 0 Å². The molecule has 0 N–H and O–H groups in total. The normalized spacial score (nSPS) is 11.7. The van der Waals surface area contributed by atoms with Gasteiger partial charge in [-0.2, -0.15) is 9.97 Å². The van der Waals surface area contributed by atoms with Gasteiger partial charge >= 0.3 is 0 Å².